The second-order valence-electron chi connectivity index (χ2n) is 6.12. The van der Waals surface area contributed by atoms with Crippen molar-refractivity contribution in [2.24, 2.45) is 0 Å². The minimum Gasteiger partial charge on any atom is -0.444 e. The Hall–Kier alpha value is -1.52. The highest BCUT2D eigenvalue weighted by atomic mass is 16.6. The Morgan fingerprint density at radius 1 is 1.37 bits per heavy atom. The Kier molecular flexibility index (Phi) is 3.83. The molecule has 1 atom stereocenters. The van der Waals surface area contributed by atoms with E-state index >= 15 is 0 Å². The quantitative estimate of drug-likeness (QED) is 0.864. The van der Waals surface area contributed by atoms with Gasteiger partial charge in [0.25, 0.3) is 0 Å². The number of carbonyl (C=O) groups excluding carboxylic acids is 1. The first-order valence-electron chi connectivity index (χ1n) is 6.92. The number of carbonyl (C=O) groups is 1. The summed E-state index contributed by atoms with van der Waals surface area (Å²) in [6.45, 7) is 7.46. The Morgan fingerprint density at radius 3 is 2.68 bits per heavy atom. The third-order valence-corrected chi connectivity index (χ3v) is 3.12. The van der Waals surface area contributed by atoms with Crippen LogP contribution in [0.5, 0.6) is 0 Å². The second-order valence-corrected chi connectivity index (χ2v) is 6.12. The number of aryl methyl sites for hydroxylation is 2. The maximum atomic E-state index is 11.7. The number of imidazole rings is 1. The van der Waals surface area contributed by atoms with Gasteiger partial charge in [0.15, 0.2) is 0 Å². The van der Waals surface area contributed by atoms with Crippen molar-refractivity contribution >= 4 is 6.09 Å². The average Bonchev–Trinajstić information content (AvgIpc) is 2.69. The molecule has 1 amide bonds. The van der Waals surface area contributed by atoms with Gasteiger partial charge in [-0.2, -0.15) is 0 Å². The summed E-state index contributed by atoms with van der Waals surface area (Å²) in [5, 5.41) is 2.81. The fourth-order valence-corrected chi connectivity index (χ4v) is 2.23. The van der Waals surface area contributed by atoms with E-state index in [9.17, 15) is 4.79 Å². The topological polar surface area (TPSA) is 67.0 Å². The molecular formula is C14H23N3O2. The van der Waals surface area contributed by atoms with Gasteiger partial charge in [-0.15, -0.1) is 0 Å². The molecule has 106 valence electrons. The smallest absolute Gasteiger partial charge is 0.408 e. The molecule has 1 aliphatic rings. The van der Waals surface area contributed by atoms with Crippen LogP contribution >= 0.6 is 0 Å². The summed E-state index contributed by atoms with van der Waals surface area (Å²) < 4.78 is 5.24. The summed E-state index contributed by atoms with van der Waals surface area (Å²) in [4.78, 5) is 19.6. The molecule has 0 aromatic carbocycles. The third-order valence-electron chi connectivity index (χ3n) is 3.12. The van der Waals surface area contributed by atoms with Gasteiger partial charge in [-0.3, -0.25) is 0 Å². The minimum atomic E-state index is -0.480. The zero-order valence-electron chi connectivity index (χ0n) is 12.2. The van der Waals surface area contributed by atoms with Gasteiger partial charge in [0, 0.05) is 5.69 Å². The van der Waals surface area contributed by atoms with Crippen LogP contribution in [-0.2, 0) is 17.6 Å². The summed E-state index contributed by atoms with van der Waals surface area (Å²) in [5.41, 5.74) is 1.89. The zero-order chi connectivity index (χ0) is 14.0. The molecule has 1 unspecified atom stereocenters. The molecular weight excluding hydrogens is 242 g/mol. The first kappa shape index (κ1) is 13.9. The Balaban J connectivity index is 1.98. The predicted octanol–water partition coefficient (Wildman–Crippen LogP) is 2.87. The minimum absolute atomic E-state index is 0.166. The lowest BCUT2D eigenvalue weighted by Crippen LogP contribution is -2.34. The van der Waals surface area contributed by atoms with Crippen LogP contribution < -0.4 is 5.32 Å². The van der Waals surface area contributed by atoms with Crippen LogP contribution in [0.3, 0.4) is 0 Å². The molecule has 1 heterocycles. The molecule has 2 rings (SSSR count). The highest BCUT2D eigenvalue weighted by Gasteiger charge is 2.21. The van der Waals surface area contributed by atoms with Gasteiger partial charge in [0.05, 0.1) is 11.7 Å². The van der Waals surface area contributed by atoms with Crippen LogP contribution in [0.4, 0.5) is 4.79 Å². The van der Waals surface area contributed by atoms with E-state index < -0.39 is 11.7 Å². The summed E-state index contributed by atoms with van der Waals surface area (Å²) in [5.74, 6) is 0.817. The Labute approximate surface area is 114 Å². The molecule has 1 aliphatic carbocycles. The molecule has 2 N–H and O–H groups in total. The molecule has 1 aromatic heterocycles. The van der Waals surface area contributed by atoms with E-state index in [1.807, 2.05) is 27.7 Å². The van der Waals surface area contributed by atoms with Crippen LogP contribution in [0, 0.1) is 0 Å². The van der Waals surface area contributed by atoms with Crippen molar-refractivity contribution in [1.82, 2.24) is 15.3 Å². The van der Waals surface area contributed by atoms with E-state index in [0.29, 0.717) is 0 Å². The normalized spacial score (nSPS) is 16.6. The number of hydrogen-bond acceptors (Lipinski definition) is 3. The van der Waals surface area contributed by atoms with Gasteiger partial charge in [-0.1, -0.05) is 0 Å². The zero-order valence-corrected chi connectivity index (χ0v) is 12.2. The van der Waals surface area contributed by atoms with Crippen molar-refractivity contribution in [3.05, 3.63) is 17.2 Å². The number of rotatable bonds is 2. The van der Waals surface area contributed by atoms with Crippen molar-refractivity contribution in [2.45, 2.75) is 65.0 Å². The van der Waals surface area contributed by atoms with Crippen LogP contribution in [0.25, 0.3) is 0 Å². The van der Waals surface area contributed by atoms with Gasteiger partial charge >= 0.3 is 6.09 Å². The molecule has 5 heteroatoms. The number of H-pyrrole nitrogens is 1. The van der Waals surface area contributed by atoms with Gasteiger partial charge in [-0.25, -0.2) is 9.78 Å². The van der Waals surface area contributed by atoms with Gasteiger partial charge < -0.3 is 15.0 Å². The maximum absolute atomic E-state index is 11.7. The number of alkyl carbamates (subject to hydrolysis) is 1. The summed E-state index contributed by atoms with van der Waals surface area (Å²) >= 11 is 0. The lowest BCUT2D eigenvalue weighted by Gasteiger charge is -2.21. The van der Waals surface area contributed by atoms with E-state index in [-0.39, 0.29) is 6.04 Å². The molecule has 0 radical (unpaired) electrons. The maximum Gasteiger partial charge on any atom is 0.408 e. The van der Waals surface area contributed by atoms with E-state index in [1.165, 1.54) is 18.5 Å². The summed E-state index contributed by atoms with van der Waals surface area (Å²) in [7, 11) is 0. The summed E-state index contributed by atoms with van der Waals surface area (Å²) in [6, 6.07) is -0.166. The first-order chi connectivity index (χ1) is 8.85. The van der Waals surface area contributed by atoms with Crippen molar-refractivity contribution in [1.29, 1.82) is 0 Å². The Bertz CT molecular complexity index is 436. The molecule has 0 fully saturated rings. The Morgan fingerprint density at radius 2 is 2.05 bits per heavy atom. The van der Waals surface area contributed by atoms with E-state index in [4.69, 9.17) is 4.74 Å². The van der Waals surface area contributed by atoms with Crippen molar-refractivity contribution in [2.75, 3.05) is 0 Å². The number of hydrogen-bond donors (Lipinski definition) is 2. The van der Waals surface area contributed by atoms with Crippen molar-refractivity contribution in [3.63, 3.8) is 0 Å². The molecule has 0 bridgehead atoms. The van der Waals surface area contributed by atoms with Gasteiger partial charge in [0.2, 0.25) is 0 Å². The van der Waals surface area contributed by atoms with Crippen LogP contribution in [0.2, 0.25) is 0 Å². The third kappa shape index (κ3) is 3.72. The van der Waals surface area contributed by atoms with Gasteiger partial charge in [0.1, 0.15) is 11.4 Å². The fourth-order valence-electron chi connectivity index (χ4n) is 2.23. The standard InChI is InChI=1S/C14H23N3O2/c1-9(15-13(18)19-14(2,3)4)12-16-10-7-5-6-8-11(10)17-12/h9H,5-8H2,1-4H3,(H,15,18)(H,16,17). The monoisotopic (exact) mass is 265 g/mol. The number of nitrogens with zero attached hydrogens (tertiary/aromatic N) is 1. The molecule has 19 heavy (non-hydrogen) atoms. The van der Waals surface area contributed by atoms with Crippen molar-refractivity contribution in [3.8, 4) is 0 Å². The van der Waals surface area contributed by atoms with E-state index in [1.54, 1.807) is 0 Å². The van der Waals surface area contributed by atoms with Crippen LogP contribution in [0.15, 0.2) is 0 Å². The number of fused-ring (bicyclic) bond motifs is 1. The lowest BCUT2D eigenvalue weighted by molar-refractivity contribution is 0.0506. The van der Waals surface area contributed by atoms with E-state index in [2.05, 4.69) is 15.3 Å². The molecule has 0 spiro atoms. The molecule has 0 saturated heterocycles. The average molecular weight is 265 g/mol. The van der Waals surface area contributed by atoms with Crippen LogP contribution in [-0.4, -0.2) is 21.7 Å². The highest BCUT2D eigenvalue weighted by molar-refractivity contribution is 5.68. The SMILES string of the molecule is CC(NC(=O)OC(C)(C)C)c1nc2c([nH]1)CCCC2. The molecule has 0 saturated carbocycles. The lowest BCUT2D eigenvalue weighted by atomic mass is 10.0. The molecule has 5 nitrogen and oxygen atoms in total. The number of amides is 1. The van der Waals surface area contributed by atoms with Crippen LogP contribution in [0.1, 0.15) is 63.8 Å². The largest absolute Gasteiger partial charge is 0.444 e. The van der Waals surface area contributed by atoms with Gasteiger partial charge in [-0.05, 0) is 53.4 Å². The van der Waals surface area contributed by atoms with Crippen molar-refractivity contribution < 1.29 is 9.53 Å². The second kappa shape index (κ2) is 5.23. The fraction of sp³-hybridized carbons (Fsp3) is 0.714. The van der Waals surface area contributed by atoms with E-state index in [0.717, 1.165) is 24.4 Å². The number of nitrogens with one attached hydrogen (secondary N) is 2. The predicted molar refractivity (Wildman–Crippen MR) is 73.0 cm³/mol. The number of ether oxygens (including phenoxy) is 1. The molecule has 1 aromatic rings. The summed E-state index contributed by atoms with van der Waals surface area (Å²) in [6.07, 6.45) is 4.09. The first-order valence-corrected chi connectivity index (χ1v) is 6.92. The number of aromatic nitrogens is 2. The highest BCUT2D eigenvalue weighted by Crippen LogP contribution is 2.21. The number of aromatic amines is 1. The molecule has 0 aliphatic heterocycles.